The lowest BCUT2D eigenvalue weighted by molar-refractivity contribution is 0.318. The SMILES string of the molecule is CCCCCCCCS.CCO. The fourth-order valence-electron chi connectivity index (χ4n) is 0.892. The maximum Gasteiger partial charge on any atom is 0.0402 e. The molecule has 1 nitrogen and oxygen atoms in total. The molecule has 0 amide bonds. The quantitative estimate of drug-likeness (QED) is 0.489. The lowest BCUT2D eigenvalue weighted by Crippen LogP contribution is -1.78. The Labute approximate surface area is 83.0 Å². The second kappa shape index (κ2) is 17.4. The van der Waals surface area contributed by atoms with Crippen LogP contribution in [0.1, 0.15) is 52.4 Å². The van der Waals surface area contributed by atoms with Gasteiger partial charge in [0.15, 0.2) is 0 Å². The van der Waals surface area contributed by atoms with Gasteiger partial charge in [0.2, 0.25) is 0 Å². The summed E-state index contributed by atoms with van der Waals surface area (Å²) in [6, 6.07) is 0. The Bertz CT molecular complexity index is 51.8. The van der Waals surface area contributed by atoms with E-state index in [1.54, 1.807) is 6.92 Å². The molecule has 76 valence electrons. The fraction of sp³-hybridized carbons (Fsp3) is 1.00. The Hall–Kier alpha value is 0.310. The molecule has 0 saturated carbocycles. The van der Waals surface area contributed by atoms with Crippen LogP contribution in [0.25, 0.3) is 0 Å². The van der Waals surface area contributed by atoms with Crippen molar-refractivity contribution in [3.8, 4) is 0 Å². The van der Waals surface area contributed by atoms with Crippen LogP contribution in [0, 0.1) is 0 Å². The molecular formula is C10H24OS. The van der Waals surface area contributed by atoms with E-state index in [0.29, 0.717) is 0 Å². The number of thiol groups is 1. The maximum absolute atomic E-state index is 7.57. The normalized spacial score (nSPS) is 9.00. The zero-order valence-electron chi connectivity index (χ0n) is 8.55. The number of aliphatic hydroxyl groups excluding tert-OH is 1. The molecule has 0 spiro atoms. The Kier molecular flexibility index (Phi) is 21.5. The average molecular weight is 192 g/mol. The summed E-state index contributed by atoms with van der Waals surface area (Å²) in [6.45, 7) is 4.18. The van der Waals surface area contributed by atoms with Crippen LogP contribution in [-0.2, 0) is 0 Å². The van der Waals surface area contributed by atoms with Crippen LogP contribution in [0.4, 0.5) is 0 Å². The van der Waals surface area contributed by atoms with Crippen LogP contribution in [0.2, 0.25) is 0 Å². The molecule has 0 aromatic carbocycles. The van der Waals surface area contributed by atoms with Gasteiger partial charge in [-0.25, -0.2) is 0 Å². The Balaban J connectivity index is 0. The first-order valence-corrected chi connectivity index (χ1v) is 5.68. The highest BCUT2D eigenvalue weighted by atomic mass is 32.1. The molecule has 0 fully saturated rings. The predicted molar refractivity (Wildman–Crippen MR) is 60.0 cm³/mol. The van der Waals surface area contributed by atoms with Gasteiger partial charge >= 0.3 is 0 Å². The van der Waals surface area contributed by atoms with E-state index in [1.807, 2.05) is 0 Å². The summed E-state index contributed by atoms with van der Waals surface area (Å²) < 4.78 is 0. The maximum atomic E-state index is 7.57. The molecule has 0 radical (unpaired) electrons. The van der Waals surface area contributed by atoms with Crippen LogP contribution in [0.5, 0.6) is 0 Å². The van der Waals surface area contributed by atoms with E-state index in [2.05, 4.69) is 19.6 Å². The summed E-state index contributed by atoms with van der Waals surface area (Å²) >= 11 is 4.15. The van der Waals surface area contributed by atoms with Gasteiger partial charge in [0.1, 0.15) is 0 Å². The molecule has 1 N–H and O–H groups in total. The lowest BCUT2D eigenvalue weighted by Gasteiger charge is -1.95. The highest BCUT2D eigenvalue weighted by Gasteiger charge is 1.86. The molecule has 0 aromatic rings. The molecule has 0 aliphatic carbocycles. The van der Waals surface area contributed by atoms with Crippen molar-refractivity contribution in [1.29, 1.82) is 0 Å². The Morgan fingerprint density at radius 2 is 1.33 bits per heavy atom. The van der Waals surface area contributed by atoms with Crippen LogP contribution >= 0.6 is 12.6 Å². The molecule has 0 saturated heterocycles. The predicted octanol–water partition coefficient (Wildman–Crippen LogP) is 3.28. The summed E-state index contributed by atoms with van der Waals surface area (Å²) in [7, 11) is 0. The van der Waals surface area contributed by atoms with Crippen LogP contribution < -0.4 is 0 Å². The van der Waals surface area contributed by atoms with E-state index in [1.165, 1.54) is 38.5 Å². The number of aliphatic hydroxyl groups is 1. The number of hydrogen-bond donors (Lipinski definition) is 2. The topological polar surface area (TPSA) is 20.2 Å². The summed E-state index contributed by atoms with van der Waals surface area (Å²) in [5.74, 6) is 1.06. The highest BCUT2D eigenvalue weighted by Crippen LogP contribution is 2.04. The molecule has 0 rings (SSSR count). The Morgan fingerprint density at radius 3 is 1.75 bits per heavy atom. The first kappa shape index (κ1) is 14.8. The Morgan fingerprint density at radius 1 is 0.917 bits per heavy atom. The molecule has 0 atom stereocenters. The van der Waals surface area contributed by atoms with Crippen molar-refractivity contribution in [2.75, 3.05) is 12.4 Å². The number of rotatable bonds is 6. The lowest BCUT2D eigenvalue weighted by atomic mass is 10.1. The van der Waals surface area contributed by atoms with Gasteiger partial charge in [-0.3, -0.25) is 0 Å². The third-order valence-electron chi connectivity index (χ3n) is 1.51. The third-order valence-corrected chi connectivity index (χ3v) is 1.83. The van der Waals surface area contributed by atoms with Gasteiger partial charge in [-0.05, 0) is 19.1 Å². The highest BCUT2D eigenvalue weighted by molar-refractivity contribution is 7.80. The molecule has 0 aliphatic heterocycles. The second-order valence-electron chi connectivity index (χ2n) is 2.81. The molecule has 0 bridgehead atoms. The van der Waals surface area contributed by atoms with Gasteiger partial charge in [-0.1, -0.05) is 39.0 Å². The van der Waals surface area contributed by atoms with Crippen LogP contribution in [0.15, 0.2) is 0 Å². The zero-order valence-corrected chi connectivity index (χ0v) is 9.45. The first-order valence-electron chi connectivity index (χ1n) is 5.05. The number of hydrogen-bond acceptors (Lipinski definition) is 2. The van der Waals surface area contributed by atoms with Crippen molar-refractivity contribution in [1.82, 2.24) is 0 Å². The minimum atomic E-state index is 0.250. The molecule has 0 heterocycles. The summed E-state index contributed by atoms with van der Waals surface area (Å²) in [5, 5.41) is 7.57. The first-order chi connectivity index (χ1) is 5.83. The molecule has 12 heavy (non-hydrogen) atoms. The fourth-order valence-corrected chi connectivity index (χ4v) is 1.12. The monoisotopic (exact) mass is 192 g/mol. The third kappa shape index (κ3) is 22.4. The van der Waals surface area contributed by atoms with Gasteiger partial charge in [-0.15, -0.1) is 0 Å². The van der Waals surface area contributed by atoms with Gasteiger partial charge in [0, 0.05) is 6.61 Å². The van der Waals surface area contributed by atoms with Crippen molar-refractivity contribution >= 4 is 12.6 Å². The van der Waals surface area contributed by atoms with Crippen molar-refractivity contribution < 1.29 is 5.11 Å². The van der Waals surface area contributed by atoms with E-state index in [-0.39, 0.29) is 6.61 Å². The van der Waals surface area contributed by atoms with E-state index < -0.39 is 0 Å². The standard InChI is InChI=1S/C8H18S.C2H6O/c1-2-3-4-5-6-7-8-9;1-2-3/h9H,2-8H2,1H3;3H,2H2,1H3. The van der Waals surface area contributed by atoms with Crippen LogP contribution in [0.3, 0.4) is 0 Å². The minimum absolute atomic E-state index is 0.250. The average Bonchev–Trinajstić information content (AvgIpc) is 2.06. The van der Waals surface area contributed by atoms with E-state index in [9.17, 15) is 0 Å². The molecular weight excluding hydrogens is 168 g/mol. The summed E-state index contributed by atoms with van der Waals surface area (Å²) in [5.41, 5.74) is 0. The summed E-state index contributed by atoms with van der Waals surface area (Å²) in [6.07, 6.45) is 8.27. The van der Waals surface area contributed by atoms with Crippen molar-refractivity contribution in [3.05, 3.63) is 0 Å². The number of unbranched alkanes of at least 4 members (excludes halogenated alkanes) is 5. The van der Waals surface area contributed by atoms with Crippen molar-refractivity contribution in [2.45, 2.75) is 52.4 Å². The van der Waals surface area contributed by atoms with Gasteiger partial charge in [-0.2, -0.15) is 12.6 Å². The van der Waals surface area contributed by atoms with Crippen molar-refractivity contribution in [3.63, 3.8) is 0 Å². The zero-order chi connectivity index (χ0) is 9.66. The van der Waals surface area contributed by atoms with Gasteiger partial charge < -0.3 is 5.11 Å². The molecule has 0 aliphatic rings. The van der Waals surface area contributed by atoms with E-state index in [0.717, 1.165) is 5.75 Å². The van der Waals surface area contributed by atoms with Crippen LogP contribution in [-0.4, -0.2) is 17.5 Å². The minimum Gasteiger partial charge on any atom is -0.397 e. The van der Waals surface area contributed by atoms with Gasteiger partial charge in [0.25, 0.3) is 0 Å². The largest absolute Gasteiger partial charge is 0.397 e. The smallest absolute Gasteiger partial charge is 0.0402 e. The van der Waals surface area contributed by atoms with Gasteiger partial charge in [0.05, 0.1) is 0 Å². The molecule has 0 unspecified atom stereocenters. The van der Waals surface area contributed by atoms with E-state index >= 15 is 0 Å². The second-order valence-corrected chi connectivity index (χ2v) is 3.25. The molecule has 2 heteroatoms. The van der Waals surface area contributed by atoms with Crippen molar-refractivity contribution in [2.24, 2.45) is 0 Å². The van der Waals surface area contributed by atoms with E-state index in [4.69, 9.17) is 5.11 Å². The molecule has 0 aromatic heterocycles. The summed E-state index contributed by atoms with van der Waals surface area (Å²) in [4.78, 5) is 0.